The van der Waals surface area contributed by atoms with Gasteiger partial charge in [0.1, 0.15) is 5.75 Å². The lowest BCUT2D eigenvalue weighted by molar-refractivity contribution is 0.191. The Hall–Kier alpha value is -0.620. The molecule has 0 saturated heterocycles. The quantitative estimate of drug-likeness (QED) is 0.636. The van der Waals surface area contributed by atoms with Crippen molar-refractivity contribution in [1.82, 2.24) is 10.6 Å². The van der Waals surface area contributed by atoms with Crippen LogP contribution in [0.15, 0.2) is 22.7 Å². The van der Waals surface area contributed by atoms with Gasteiger partial charge in [0.05, 0.1) is 13.2 Å². The molecular weight excluding hydrogens is 296 g/mol. The van der Waals surface area contributed by atoms with Crippen LogP contribution < -0.4 is 15.4 Å². The highest BCUT2D eigenvalue weighted by atomic mass is 79.9. The number of methoxy groups -OCH3 is 1. The van der Waals surface area contributed by atoms with Gasteiger partial charge >= 0.3 is 0 Å². The standard InChI is InChI=1S/C13H21BrN2O2/c1-10(17)8-15-5-6-16-9-11-7-12(14)3-4-13(11)18-2/h3-4,7,10,15-17H,5-6,8-9H2,1-2H3/t10-/m1/s1. The summed E-state index contributed by atoms with van der Waals surface area (Å²) in [6, 6.07) is 5.97. The molecule has 3 N–H and O–H groups in total. The molecule has 0 aliphatic rings. The lowest BCUT2D eigenvalue weighted by Gasteiger charge is -2.11. The number of hydrogen-bond acceptors (Lipinski definition) is 4. The van der Waals surface area contributed by atoms with E-state index in [9.17, 15) is 0 Å². The van der Waals surface area contributed by atoms with E-state index in [1.54, 1.807) is 14.0 Å². The lowest BCUT2D eigenvalue weighted by atomic mass is 10.2. The minimum absolute atomic E-state index is 0.296. The van der Waals surface area contributed by atoms with Gasteiger partial charge in [-0.25, -0.2) is 0 Å². The lowest BCUT2D eigenvalue weighted by Crippen LogP contribution is -2.31. The zero-order valence-electron chi connectivity index (χ0n) is 10.9. The maximum atomic E-state index is 9.08. The molecule has 0 heterocycles. The van der Waals surface area contributed by atoms with Crippen molar-refractivity contribution in [2.75, 3.05) is 26.7 Å². The Morgan fingerprint density at radius 2 is 2.06 bits per heavy atom. The number of ether oxygens (including phenoxy) is 1. The van der Waals surface area contributed by atoms with Crippen molar-refractivity contribution < 1.29 is 9.84 Å². The molecule has 0 radical (unpaired) electrons. The summed E-state index contributed by atoms with van der Waals surface area (Å²) in [5, 5.41) is 15.6. The summed E-state index contributed by atoms with van der Waals surface area (Å²) in [7, 11) is 1.68. The van der Waals surface area contributed by atoms with E-state index in [4.69, 9.17) is 9.84 Å². The summed E-state index contributed by atoms with van der Waals surface area (Å²) < 4.78 is 6.35. The van der Waals surface area contributed by atoms with E-state index >= 15 is 0 Å². The first-order valence-corrected chi connectivity index (χ1v) is 6.84. The molecule has 0 fully saturated rings. The molecule has 102 valence electrons. The van der Waals surface area contributed by atoms with Crippen molar-refractivity contribution in [1.29, 1.82) is 0 Å². The number of hydrogen-bond donors (Lipinski definition) is 3. The Kier molecular flexibility index (Phi) is 7.27. The Balaban J connectivity index is 2.28. The molecule has 4 nitrogen and oxygen atoms in total. The minimum atomic E-state index is -0.296. The molecule has 0 aromatic heterocycles. The van der Waals surface area contributed by atoms with Crippen LogP contribution in [0.5, 0.6) is 5.75 Å². The molecule has 1 aromatic rings. The van der Waals surface area contributed by atoms with Gasteiger partial charge in [-0.1, -0.05) is 15.9 Å². The zero-order chi connectivity index (χ0) is 13.4. The summed E-state index contributed by atoms with van der Waals surface area (Å²) in [5.41, 5.74) is 1.13. The minimum Gasteiger partial charge on any atom is -0.496 e. The van der Waals surface area contributed by atoms with E-state index in [1.807, 2.05) is 12.1 Å². The molecule has 0 saturated carbocycles. The first-order valence-electron chi connectivity index (χ1n) is 6.05. The van der Waals surface area contributed by atoms with Gasteiger partial charge in [0.25, 0.3) is 0 Å². The van der Waals surface area contributed by atoms with Crippen molar-refractivity contribution in [3.8, 4) is 5.75 Å². The van der Waals surface area contributed by atoms with Crippen LogP contribution in [-0.4, -0.2) is 38.0 Å². The van der Waals surface area contributed by atoms with Gasteiger partial charge in [-0.3, -0.25) is 0 Å². The Morgan fingerprint density at radius 3 is 2.72 bits per heavy atom. The fraction of sp³-hybridized carbons (Fsp3) is 0.538. The van der Waals surface area contributed by atoms with Crippen molar-refractivity contribution in [2.24, 2.45) is 0 Å². The van der Waals surface area contributed by atoms with Gasteiger partial charge in [0.15, 0.2) is 0 Å². The third kappa shape index (κ3) is 5.82. The Labute approximate surface area is 117 Å². The van der Waals surface area contributed by atoms with Gasteiger partial charge in [0.2, 0.25) is 0 Å². The van der Waals surface area contributed by atoms with Crippen LogP contribution in [0.1, 0.15) is 12.5 Å². The highest BCUT2D eigenvalue weighted by Gasteiger charge is 2.03. The molecule has 0 spiro atoms. The molecule has 0 aliphatic heterocycles. The second kappa shape index (κ2) is 8.48. The number of aliphatic hydroxyl groups excluding tert-OH is 1. The van der Waals surface area contributed by atoms with E-state index in [0.717, 1.165) is 35.4 Å². The largest absolute Gasteiger partial charge is 0.496 e. The van der Waals surface area contributed by atoms with Gasteiger partial charge in [-0.2, -0.15) is 0 Å². The number of rotatable bonds is 8. The number of nitrogens with one attached hydrogen (secondary N) is 2. The second-order valence-electron chi connectivity index (χ2n) is 4.19. The van der Waals surface area contributed by atoms with E-state index in [-0.39, 0.29) is 6.10 Å². The number of benzene rings is 1. The van der Waals surface area contributed by atoms with Gasteiger partial charge in [0, 0.05) is 36.2 Å². The van der Waals surface area contributed by atoms with E-state index in [1.165, 1.54) is 0 Å². The van der Waals surface area contributed by atoms with E-state index < -0.39 is 0 Å². The smallest absolute Gasteiger partial charge is 0.123 e. The summed E-state index contributed by atoms with van der Waals surface area (Å²) in [6.45, 7) is 4.84. The Morgan fingerprint density at radius 1 is 1.33 bits per heavy atom. The third-order valence-electron chi connectivity index (χ3n) is 2.48. The van der Waals surface area contributed by atoms with Crippen LogP contribution >= 0.6 is 15.9 Å². The average molecular weight is 317 g/mol. The highest BCUT2D eigenvalue weighted by Crippen LogP contribution is 2.22. The van der Waals surface area contributed by atoms with Crippen LogP contribution in [0.4, 0.5) is 0 Å². The van der Waals surface area contributed by atoms with E-state index in [0.29, 0.717) is 6.54 Å². The average Bonchev–Trinajstić information content (AvgIpc) is 2.33. The molecule has 0 bridgehead atoms. The molecule has 1 atom stereocenters. The second-order valence-corrected chi connectivity index (χ2v) is 5.10. The molecule has 18 heavy (non-hydrogen) atoms. The monoisotopic (exact) mass is 316 g/mol. The topological polar surface area (TPSA) is 53.5 Å². The predicted octanol–water partition coefficient (Wildman–Crippen LogP) is 1.52. The first-order chi connectivity index (χ1) is 8.63. The van der Waals surface area contributed by atoms with Crippen molar-refractivity contribution >= 4 is 15.9 Å². The normalized spacial score (nSPS) is 12.4. The SMILES string of the molecule is COc1ccc(Br)cc1CNCCNC[C@@H](C)O. The number of halogens is 1. The fourth-order valence-electron chi connectivity index (χ4n) is 1.60. The molecule has 0 amide bonds. The predicted molar refractivity (Wildman–Crippen MR) is 77.0 cm³/mol. The van der Waals surface area contributed by atoms with Crippen molar-refractivity contribution in [2.45, 2.75) is 19.6 Å². The highest BCUT2D eigenvalue weighted by molar-refractivity contribution is 9.10. The van der Waals surface area contributed by atoms with Crippen molar-refractivity contribution in [3.05, 3.63) is 28.2 Å². The maximum absolute atomic E-state index is 9.08. The van der Waals surface area contributed by atoms with Gasteiger partial charge in [-0.05, 0) is 25.1 Å². The zero-order valence-corrected chi connectivity index (χ0v) is 12.5. The number of aliphatic hydroxyl groups is 1. The maximum Gasteiger partial charge on any atom is 0.123 e. The van der Waals surface area contributed by atoms with Crippen LogP contribution in [0.3, 0.4) is 0 Å². The summed E-state index contributed by atoms with van der Waals surface area (Å²) in [5.74, 6) is 0.891. The van der Waals surface area contributed by atoms with Gasteiger partial charge in [-0.15, -0.1) is 0 Å². The van der Waals surface area contributed by atoms with Crippen LogP contribution in [0, 0.1) is 0 Å². The first kappa shape index (κ1) is 15.4. The van der Waals surface area contributed by atoms with E-state index in [2.05, 4.69) is 32.6 Å². The summed E-state index contributed by atoms with van der Waals surface area (Å²) in [6.07, 6.45) is -0.296. The molecule has 0 aliphatic carbocycles. The molecular formula is C13H21BrN2O2. The fourth-order valence-corrected chi connectivity index (χ4v) is 2.00. The van der Waals surface area contributed by atoms with Gasteiger partial charge < -0.3 is 20.5 Å². The van der Waals surface area contributed by atoms with Crippen LogP contribution in [0.2, 0.25) is 0 Å². The molecule has 1 aromatic carbocycles. The molecule has 0 unspecified atom stereocenters. The summed E-state index contributed by atoms with van der Waals surface area (Å²) in [4.78, 5) is 0. The Bertz CT molecular complexity index is 359. The van der Waals surface area contributed by atoms with Crippen LogP contribution in [-0.2, 0) is 6.54 Å². The molecule has 1 rings (SSSR count). The van der Waals surface area contributed by atoms with Crippen LogP contribution in [0.25, 0.3) is 0 Å². The molecule has 5 heteroatoms. The van der Waals surface area contributed by atoms with Crippen molar-refractivity contribution in [3.63, 3.8) is 0 Å². The third-order valence-corrected chi connectivity index (χ3v) is 2.97. The summed E-state index contributed by atoms with van der Waals surface area (Å²) >= 11 is 3.45.